The molecule has 2 N–H and O–H groups in total. The molecule has 4 nitrogen and oxygen atoms in total. The Morgan fingerprint density at radius 2 is 2.09 bits per heavy atom. The van der Waals surface area contributed by atoms with Crippen LogP contribution < -0.4 is 10.6 Å². The quantitative estimate of drug-likeness (QED) is 0.894. The number of thioether (sulfide) groups is 1. The van der Waals surface area contributed by atoms with Gasteiger partial charge in [-0.2, -0.15) is 11.8 Å². The molecule has 1 aromatic rings. The normalized spacial score (nSPS) is 21.2. The third kappa shape index (κ3) is 4.47. The van der Waals surface area contributed by atoms with E-state index < -0.39 is 5.82 Å². The molecular formula is C16H21FN2O2S. The van der Waals surface area contributed by atoms with Crippen molar-refractivity contribution >= 4 is 29.3 Å². The van der Waals surface area contributed by atoms with Crippen LogP contribution in [0.1, 0.15) is 43.0 Å². The Hall–Kier alpha value is -1.56. The average Bonchev–Trinajstić information content (AvgIpc) is 2.49. The molecule has 0 aliphatic heterocycles. The van der Waals surface area contributed by atoms with Crippen LogP contribution in [0, 0.1) is 5.82 Å². The van der Waals surface area contributed by atoms with E-state index in [0.717, 1.165) is 19.3 Å². The van der Waals surface area contributed by atoms with Gasteiger partial charge in [0.2, 0.25) is 5.91 Å². The van der Waals surface area contributed by atoms with E-state index in [-0.39, 0.29) is 23.5 Å². The van der Waals surface area contributed by atoms with E-state index in [2.05, 4.69) is 16.9 Å². The summed E-state index contributed by atoms with van der Waals surface area (Å²) in [5, 5.41) is 5.99. The van der Waals surface area contributed by atoms with Crippen molar-refractivity contribution in [2.45, 2.75) is 43.9 Å². The highest BCUT2D eigenvalue weighted by Gasteiger charge is 2.23. The standard InChI is InChI=1S/C16H21FN2O2S/c1-10(20)18-15-8-11(6-7-14(15)17)16(21)19-12-4-3-5-13(9-12)22-2/h6-8,12-13H,3-5,9H2,1-2H3,(H,18,20)(H,19,21)/t12-,13-/m0/s1. The van der Waals surface area contributed by atoms with E-state index in [0.29, 0.717) is 10.8 Å². The minimum atomic E-state index is -0.549. The van der Waals surface area contributed by atoms with Gasteiger partial charge >= 0.3 is 0 Å². The Kier molecular flexibility index (Phi) is 5.83. The summed E-state index contributed by atoms with van der Waals surface area (Å²) in [7, 11) is 0. The number of benzene rings is 1. The first-order valence-electron chi connectivity index (χ1n) is 7.40. The molecule has 2 atom stereocenters. The summed E-state index contributed by atoms with van der Waals surface area (Å²) in [5.41, 5.74) is 0.391. The van der Waals surface area contributed by atoms with Gasteiger partial charge in [-0.3, -0.25) is 9.59 Å². The number of anilines is 1. The molecule has 1 aliphatic carbocycles. The van der Waals surface area contributed by atoms with Crippen molar-refractivity contribution in [3.8, 4) is 0 Å². The van der Waals surface area contributed by atoms with Crippen LogP contribution in [0.25, 0.3) is 0 Å². The van der Waals surface area contributed by atoms with E-state index in [9.17, 15) is 14.0 Å². The summed E-state index contributed by atoms with van der Waals surface area (Å²) in [5.74, 6) is -1.14. The summed E-state index contributed by atoms with van der Waals surface area (Å²) < 4.78 is 13.6. The van der Waals surface area contributed by atoms with E-state index in [1.54, 1.807) is 0 Å². The number of rotatable bonds is 4. The lowest BCUT2D eigenvalue weighted by Crippen LogP contribution is -2.39. The molecule has 22 heavy (non-hydrogen) atoms. The molecule has 1 aliphatic rings. The topological polar surface area (TPSA) is 58.2 Å². The fourth-order valence-electron chi connectivity index (χ4n) is 2.71. The molecule has 1 fully saturated rings. The second-order valence-electron chi connectivity index (χ2n) is 5.57. The van der Waals surface area contributed by atoms with E-state index >= 15 is 0 Å². The molecule has 2 rings (SSSR count). The van der Waals surface area contributed by atoms with E-state index in [1.807, 2.05) is 11.8 Å². The van der Waals surface area contributed by atoms with Crippen molar-refractivity contribution in [2.75, 3.05) is 11.6 Å². The average molecular weight is 324 g/mol. The largest absolute Gasteiger partial charge is 0.349 e. The zero-order valence-corrected chi connectivity index (χ0v) is 13.6. The lowest BCUT2D eigenvalue weighted by molar-refractivity contribution is -0.114. The predicted octanol–water partition coefficient (Wildman–Crippen LogP) is 3.19. The van der Waals surface area contributed by atoms with Crippen molar-refractivity contribution in [1.29, 1.82) is 0 Å². The Labute approximate surface area is 134 Å². The second kappa shape index (κ2) is 7.63. The van der Waals surface area contributed by atoms with Gasteiger partial charge in [-0.25, -0.2) is 4.39 Å². The van der Waals surface area contributed by atoms with E-state index in [4.69, 9.17) is 0 Å². The molecule has 2 amide bonds. The predicted molar refractivity (Wildman–Crippen MR) is 87.7 cm³/mol. The summed E-state index contributed by atoms with van der Waals surface area (Å²) >= 11 is 1.84. The van der Waals surface area contributed by atoms with Gasteiger partial charge in [-0.05, 0) is 43.7 Å². The highest BCUT2D eigenvalue weighted by atomic mass is 32.2. The highest BCUT2D eigenvalue weighted by Crippen LogP contribution is 2.27. The fraction of sp³-hybridized carbons (Fsp3) is 0.500. The monoisotopic (exact) mass is 324 g/mol. The van der Waals surface area contributed by atoms with Crippen molar-refractivity contribution in [3.63, 3.8) is 0 Å². The van der Waals surface area contributed by atoms with Crippen LogP contribution in [0.5, 0.6) is 0 Å². The van der Waals surface area contributed by atoms with Crippen LogP contribution in [-0.2, 0) is 4.79 Å². The Morgan fingerprint density at radius 3 is 2.77 bits per heavy atom. The molecule has 0 aromatic heterocycles. The zero-order chi connectivity index (χ0) is 16.1. The van der Waals surface area contributed by atoms with Crippen LogP contribution in [-0.4, -0.2) is 29.4 Å². The number of hydrogen-bond donors (Lipinski definition) is 2. The number of nitrogens with one attached hydrogen (secondary N) is 2. The van der Waals surface area contributed by atoms with Crippen LogP contribution >= 0.6 is 11.8 Å². The Morgan fingerprint density at radius 1 is 1.32 bits per heavy atom. The van der Waals surface area contributed by atoms with Crippen molar-refractivity contribution in [3.05, 3.63) is 29.6 Å². The van der Waals surface area contributed by atoms with Gasteiger partial charge in [0.15, 0.2) is 0 Å². The third-order valence-electron chi connectivity index (χ3n) is 3.83. The van der Waals surface area contributed by atoms with Crippen molar-refractivity contribution in [1.82, 2.24) is 5.32 Å². The maximum atomic E-state index is 13.6. The van der Waals surface area contributed by atoms with Crippen LogP contribution in [0.15, 0.2) is 18.2 Å². The number of halogens is 1. The molecule has 0 spiro atoms. The minimum absolute atomic E-state index is 0.0331. The molecule has 0 unspecified atom stereocenters. The lowest BCUT2D eigenvalue weighted by atomic mass is 9.94. The summed E-state index contributed by atoms with van der Waals surface area (Å²) in [6.45, 7) is 1.30. The molecule has 1 saturated carbocycles. The summed E-state index contributed by atoms with van der Waals surface area (Å²) in [6.07, 6.45) is 6.33. The first-order valence-corrected chi connectivity index (χ1v) is 8.69. The van der Waals surface area contributed by atoms with Gasteiger partial charge in [0, 0.05) is 23.8 Å². The molecule has 120 valence electrons. The van der Waals surface area contributed by atoms with Gasteiger partial charge in [0.25, 0.3) is 5.91 Å². The molecule has 6 heteroatoms. The van der Waals surface area contributed by atoms with Crippen LogP contribution in [0.3, 0.4) is 0 Å². The van der Waals surface area contributed by atoms with Gasteiger partial charge in [0.05, 0.1) is 5.69 Å². The van der Waals surface area contributed by atoms with Crippen molar-refractivity contribution in [2.24, 2.45) is 0 Å². The maximum absolute atomic E-state index is 13.6. The zero-order valence-electron chi connectivity index (χ0n) is 12.8. The van der Waals surface area contributed by atoms with Crippen LogP contribution in [0.4, 0.5) is 10.1 Å². The van der Waals surface area contributed by atoms with Gasteiger partial charge in [-0.1, -0.05) is 6.42 Å². The van der Waals surface area contributed by atoms with E-state index in [1.165, 1.54) is 31.5 Å². The highest BCUT2D eigenvalue weighted by molar-refractivity contribution is 7.99. The molecule has 0 heterocycles. The smallest absolute Gasteiger partial charge is 0.251 e. The van der Waals surface area contributed by atoms with Gasteiger partial charge in [-0.15, -0.1) is 0 Å². The first kappa shape index (κ1) is 16.8. The molecule has 0 bridgehead atoms. The number of carbonyl (C=O) groups excluding carboxylic acids is 2. The Bertz CT molecular complexity index is 565. The molecule has 0 saturated heterocycles. The summed E-state index contributed by atoms with van der Waals surface area (Å²) in [4.78, 5) is 23.4. The SMILES string of the molecule is CS[C@H]1CCC[C@H](NC(=O)c2ccc(F)c(NC(C)=O)c2)C1. The lowest BCUT2D eigenvalue weighted by Gasteiger charge is -2.28. The van der Waals surface area contributed by atoms with Gasteiger partial charge < -0.3 is 10.6 Å². The number of amides is 2. The number of hydrogen-bond acceptors (Lipinski definition) is 3. The van der Waals surface area contributed by atoms with Crippen molar-refractivity contribution < 1.29 is 14.0 Å². The minimum Gasteiger partial charge on any atom is -0.349 e. The fourth-order valence-corrected chi connectivity index (χ4v) is 3.54. The Balaban J connectivity index is 2.04. The van der Waals surface area contributed by atoms with Gasteiger partial charge in [0.1, 0.15) is 5.82 Å². The molecular weight excluding hydrogens is 303 g/mol. The number of carbonyl (C=O) groups is 2. The summed E-state index contributed by atoms with van der Waals surface area (Å²) in [6, 6.07) is 4.17. The van der Waals surface area contributed by atoms with Crippen LogP contribution in [0.2, 0.25) is 0 Å². The molecule has 1 aromatic carbocycles. The first-order chi connectivity index (χ1) is 10.5. The molecule has 0 radical (unpaired) electrons. The maximum Gasteiger partial charge on any atom is 0.251 e. The third-order valence-corrected chi connectivity index (χ3v) is 4.93. The second-order valence-corrected chi connectivity index (χ2v) is 6.71.